The van der Waals surface area contributed by atoms with Gasteiger partial charge in [0.1, 0.15) is 0 Å². The Labute approximate surface area is 159 Å². The van der Waals surface area contributed by atoms with Gasteiger partial charge in [-0.25, -0.2) is 0 Å². The fraction of sp³-hybridized carbons (Fsp3) is 0.957. The maximum absolute atomic E-state index is 10.7. The zero-order chi connectivity index (χ0) is 19.0. The molecule has 0 bridgehead atoms. The molecule has 26 heavy (non-hydrogen) atoms. The number of fused-ring (bicyclic) bond motifs is 5. The molecular formula is C23H37NO2. The lowest BCUT2D eigenvalue weighted by Gasteiger charge is -2.67. The lowest BCUT2D eigenvalue weighted by Crippen LogP contribution is -2.63. The highest BCUT2D eigenvalue weighted by Gasteiger charge is 2.68. The minimum absolute atomic E-state index is 0.00188. The van der Waals surface area contributed by atoms with E-state index in [0.29, 0.717) is 28.6 Å². The molecule has 3 heteroatoms. The Kier molecular flexibility index (Phi) is 4.12. The summed E-state index contributed by atoms with van der Waals surface area (Å²) in [5.41, 5.74) is 0.126. The molecule has 0 aromatic rings. The van der Waals surface area contributed by atoms with E-state index in [1.54, 1.807) is 0 Å². The van der Waals surface area contributed by atoms with Gasteiger partial charge in [-0.05, 0) is 86.9 Å². The van der Waals surface area contributed by atoms with Gasteiger partial charge in [0, 0.05) is 12.5 Å². The minimum Gasteiger partial charge on any atom is -0.390 e. The van der Waals surface area contributed by atoms with Gasteiger partial charge in [-0.15, -0.1) is 0 Å². The second kappa shape index (κ2) is 5.71. The van der Waals surface area contributed by atoms with Crippen LogP contribution in [-0.2, 0) is 4.74 Å². The zero-order valence-corrected chi connectivity index (χ0v) is 17.3. The van der Waals surface area contributed by atoms with Crippen LogP contribution in [0.5, 0.6) is 0 Å². The highest BCUT2D eigenvalue weighted by molar-refractivity contribution is 5.19. The van der Waals surface area contributed by atoms with E-state index in [0.717, 1.165) is 32.1 Å². The van der Waals surface area contributed by atoms with Crippen LogP contribution >= 0.6 is 0 Å². The Bertz CT molecular complexity index is 624. The molecule has 4 aliphatic rings. The van der Waals surface area contributed by atoms with Crippen molar-refractivity contribution in [1.82, 2.24) is 0 Å². The molecule has 0 aromatic carbocycles. The first-order valence-electron chi connectivity index (χ1n) is 10.8. The van der Waals surface area contributed by atoms with Gasteiger partial charge in [-0.2, -0.15) is 5.26 Å². The maximum Gasteiger partial charge on any atom is 0.0662 e. The van der Waals surface area contributed by atoms with E-state index in [4.69, 9.17) is 4.74 Å². The Morgan fingerprint density at radius 3 is 2.35 bits per heavy atom. The molecule has 0 spiro atoms. The van der Waals surface area contributed by atoms with Gasteiger partial charge >= 0.3 is 0 Å². The van der Waals surface area contributed by atoms with E-state index in [-0.39, 0.29) is 17.4 Å². The molecule has 4 fully saturated rings. The number of aliphatic hydroxyl groups is 1. The van der Waals surface area contributed by atoms with Crippen molar-refractivity contribution in [2.75, 3.05) is 7.11 Å². The topological polar surface area (TPSA) is 53.2 Å². The summed E-state index contributed by atoms with van der Waals surface area (Å²) in [6.07, 6.45) is 9.00. The number of rotatable bonds is 1. The highest BCUT2D eigenvalue weighted by Crippen LogP contribution is 2.72. The van der Waals surface area contributed by atoms with Crippen LogP contribution < -0.4 is 0 Å². The predicted octanol–water partition coefficient (Wildman–Crippen LogP) is 4.93. The third-order valence-corrected chi connectivity index (χ3v) is 10.1. The number of hydrogen-bond donors (Lipinski definition) is 1. The van der Waals surface area contributed by atoms with E-state index >= 15 is 0 Å². The Morgan fingerprint density at radius 1 is 0.962 bits per heavy atom. The number of nitriles is 1. The van der Waals surface area contributed by atoms with Gasteiger partial charge in [0.05, 0.1) is 23.7 Å². The maximum atomic E-state index is 10.7. The summed E-state index contributed by atoms with van der Waals surface area (Å²) in [5.74, 6) is 1.99. The van der Waals surface area contributed by atoms with Crippen LogP contribution in [0.2, 0.25) is 0 Å². The van der Waals surface area contributed by atoms with Crippen molar-refractivity contribution >= 4 is 0 Å². The van der Waals surface area contributed by atoms with Crippen LogP contribution in [-0.4, -0.2) is 23.9 Å². The molecule has 3 nitrogen and oxygen atoms in total. The zero-order valence-electron chi connectivity index (χ0n) is 17.3. The highest BCUT2D eigenvalue weighted by atomic mass is 16.5. The minimum atomic E-state index is -0.485. The third kappa shape index (κ3) is 2.24. The standard InChI is InChI=1S/C23H37NO2/c1-20(25)10-11-21(2)15(13-20)8-9-22(3)17-7-6-16(14-24)23(17,4)19(26-5)12-18(21)22/h15-19,25H,6-13H2,1-5H3/t15-,16+,17-,18+,19+,20+,21-,22-,23+/m0/s1. The fourth-order valence-corrected chi connectivity index (χ4v) is 8.58. The molecular weight excluding hydrogens is 322 g/mol. The number of hydrogen-bond acceptors (Lipinski definition) is 3. The quantitative estimate of drug-likeness (QED) is 0.722. The predicted molar refractivity (Wildman–Crippen MR) is 102 cm³/mol. The van der Waals surface area contributed by atoms with Crippen LogP contribution in [0.1, 0.15) is 79.1 Å². The molecule has 4 saturated carbocycles. The van der Waals surface area contributed by atoms with Gasteiger partial charge in [0.2, 0.25) is 0 Å². The molecule has 1 N–H and O–H groups in total. The van der Waals surface area contributed by atoms with E-state index < -0.39 is 5.60 Å². The lowest BCUT2D eigenvalue weighted by molar-refractivity contribution is -0.220. The normalized spacial score (nSPS) is 59.0. The van der Waals surface area contributed by atoms with Gasteiger partial charge in [0.15, 0.2) is 0 Å². The van der Waals surface area contributed by atoms with Crippen molar-refractivity contribution in [2.24, 2.45) is 39.9 Å². The molecule has 0 radical (unpaired) electrons. The molecule has 4 rings (SSSR count). The summed E-state index contributed by atoms with van der Waals surface area (Å²) >= 11 is 0. The number of nitrogens with zero attached hydrogens (tertiary/aromatic N) is 1. The summed E-state index contributed by atoms with van der Waals surface area (Å²) in [4.78, 5) is 0. The molecule has 0 amide bonds. The summed E-state index contributed by atoms with van der Waals surface area (Å²) < 4.78 is 6.10. The SMILES string of the molecule is CO[C@@H]1C[C@@H]2[C@@]3(C)CC[C@@](C)(O)C[C@@H]3CC[C@@]2(C)[C@@H]2CC[C@H](C#N)[C@@]12C. The average Bonchev–Trinajstić information content (AvgIpc) is 2.94. The Hall–Kier alpha value is -0.590. The van der Waals surface area contributed by atoms with E-state index in [9.17, 15) is 10.4 Å². The van der Waals surface area contributed by atoms with Crippen LogP contribution in [0.3, 0.4) is 0 Å². The molecule has 146 valence electrons. The van der Waals surface area contributed by atoms with Crippen molar-refractivity contribution in [3.8, 4) is 6.07 Å². The van der Waals surface area contributed by atoms with Gasteiger partial charge < -0.3 is 9.84 Å². The van der Waals surface area contributed by atoms with E-state index in [1.807, 2.05) is 14.0 Å². The van der Waals surface area contributed by atoms with Crippen molar-refractivity contribution in [1.29, 1.82) is 5.26 Å². The molecule has 4 aliphatic carbocycles. The first-order chi connectivity index (χ1) is 12.1. The number of ether oxygens (including phenoxy) is 1. The molecule has 9 atom stereocenters. The van der Waals surface area contributed by atoms with Gasteiger partial charge in [0.25, 0.3) is 0 Å². The summed E-state index contributed by atoms with van der Waals surface area (Å²) in [7, 11) is 1.86. The first kappa shape index (κ1) is 18.8. The molecule has 0 saturated heterocycles. The summed E-state index contributed by atoms with van der Waals surface area (Å²) in [6, 6.07) is 2.64. The van der Waals surface area contributed by atoms with E-state index in [2.05, 4.69) is 26.8 Å². The van der Waals surface area contributed by atoms with Crippen LogP contribution in [0.4, 0.5) is 0 Å². The van der Waals surface area contributed by atoms with Crippen LogP contribution in [0, 0.1) is 51.2 Å². The first-order valence-corrected chi connectivity index (χ1v) is 10.8. The molecule has 0 aromatic heterocycles. The summed E-state index contributed by atoms with van der Waals surface area (Å²) in [6.45, 7) is 9.45. The third-order valence-electron chi connectivity index (χ3n) is 10.1. The Balaban J connectivity index is 1.74. The number of methoxy groups -OCH3 is 1. The van der Waals surface area contributed by atoms with Crippen LogP contribution in [0.15, 0.2) is 0 Å². The molecule has 0 aliphatic heterocycles. The van der Waals surface area contributed by atoms with E-state index in [1.165, 1.54) is 19.3 Å². The van der Waals surface area contributed by atoms with Crippen molar-refractivity contribution in [3.63, 3.8) is 0 Å². The average molecular weight is 360 g/mol. The lowest BCUT2D eigenvalue weighted by atomic mass is 9.38. The second-order valence-corrected chi connectivity index (χ2v) is 11.1. The monoisotopic (exact) mass is 359 g/mol. The van der Waals surface area contributed by atoms with Crippen molar-refractivity contribution < 1.29 is 9.84 Å². The Morgan fingerprint density at radius 2 is 1.69 bits per heavy atom. The molecule has 0 unspecified atom stereocenters. The fourth-order valence-electron chi connectivity index (χ4n) is 8.58. The van der Waals surface area contributed by atoms with Crippen LogP contribution in [0.25, 0.3) is 0 Å². The summed E-state index contributed by atoms with van der Waals surface area (Å²) in [5, 5.41) is 20.5. The molecule has 0 heterocycles. The van der Waals surface area contributed by atoms with Gasteiger partial charge in [-0.3, -0.25) is 0 Å². The second-order valence-electron chi connectivity index (χ2n) is 11.1. The van der Waals surface area contributed by atoms with Crippen molar-refractivity contribution in [2.45, 2.75) is 90.8 Å². The smallest absolute Gasteiger partial charge is 0.0662 e. The largest absolute Gasteiger partial charge is 0.390 e. The van der Waals surface area contributed by atoms with Gasteiger partial charge in [-0.1, -0.05) is 20.8 Å². The van der Waals surface area contributed by atoms with Crippen molar-refractivity contribution in [3.05, 3.63) is 0 Å².